The molecule has 0 saturated heterocycles. The van der Waals surface area contributed by atoms with Crippen molar-refractivity contribution in [2.45, 2.75) is 25.0 Å². The van der Waals surface area contributed by atoms with Crippen LogP contribution in [0.5, 0.6) is 0 Å². The van der Waals surface area contributed by atoms with Gasteiger partial charge in [-0.3, -0.25) is 0 Å². The summed E-state index contributed by atoms with van der Waals surface area (Å²) in [6.07, 6.45) is 4.61. The molecule has 0 unspecified atom stereocenters. The molecule has 0 bridgehead atoms. The van der Waals surface area contributed by atoms with E-state index in [-0.39, 0.29) is 6.04 Å². The molecule has 3 N–H and O–H groups in total. The molecule has 0 spiro atoms. The van der Waals surface area contributed by atoms with Crippen LogP contribution in [-0.4, -0.2) is 11.1 Å². The van der Waals surface area contributed by atoms with Gasteiger partial charge in [0.1, 0.15) is 5.60 Å². The molecule has 0 saturated carbocycles. The van der Waals surface area contributed by atoms with E-state index in [1.807, 2.05) is 43.3 Å². The molecule has 1 aromatic carbocycles. The molecule has 2 atom stereocenters. The zero-order chi connectivity index (χ0) is 10.2. The summed E-state index contributed by atoms with van der Waals surface area (Å²) >= 11 is 0. The molecule has 0 aliphatic heterocycles. The Balaban J connectivity index is 2.56. The van der Waals surface area contributed by atoms with Crippen molar-refractivity contribution in [1.82, 2.24) is 0 Å². The third-order valence-corrected chi connectivity index (χ3v) is 2.91. The lowest BCUT2D eigenvalue weighted by Crippen LogP contribution is -2.44. The second-order valence-electron chi connectivity index (χ2n) is 3.91. The maximum atomic E-state index is 10.4. The predicted octanol–water partition coefficient (Wildman–Crippen LogP) is 1.64. The molecule has 1 aromatic rings. The summed E-state index contributed by atoms with van der Waals surface area (Å²) in [4.78, 5) is 0. The van der Waals surface area contributed by atoms with Gasteiger partial charge in [-0.25, -0.2) is 0 Å². The van der Waals surface area contributed by atoms with Crippen LogP contribution >= 0.6 is 0 Å². The van der Waals surface area contributed by atoms with Crippen LogP contribution in [0.2, 0.25) is 0 Å². The first-order valence-corrected chi connectivity index (χ1v) is 4.88. The van der Waals surface area contributed by atoms with Crippen LogP contribution in [-0.2, 0) is 5.60 Å². The SMILES string of the molecule is C[C@H](N)[C@@]1(O)CC=Cc2ccccc21. The van der Waals surface area contributed by atoms with Crippen LogP contribution in [0.15, 0.2) is 30.3 Å². The summed E-state index contributed by atoms with van der Waals surface area (Å²) < 4.78 is 0. The highest BCUT2D eigenvalue weighted by Crippen LogP contribution is 2.35. The summed E-state index contributed by atoms with van der Waals surface area (Å²) in [6, 6.07) is 7.59. The first-order valence-electron chi connectivity index (χ1n) is 4.88. The lowest BCUT2D eigenvalue weighted by atomic mass is 9.79. The zero-order valence-electron chi connectivity index (χ0n) is 8.27. The van der Waals surface area contributed by atoms with Crippen molar-refractivity contribution in [3.8, 4) is 0 Å². The minimum Gasteiger partial charge on any atom is -0.383 e. The number of aliphatic hydroxyl groups is 1. The van der Waals surface area contributed by atoms with Crippen molar-refractivity contribution < 1.29 is 5.11 Å². The monoisotopic (exact) mass is 189 g/mol. The van der Waals surface area contributed by atoms with Crippen molar-refractivity contribution in [2.24, 2.45) is 5.73 Å². The minimum absolute atomic E-state index is 0.256. The Morgan fingerprint density at radius 2 is 2.14 bits per heavy atom. The molecule has 2 heteroatoms. The van der Waals surface area contributed by atoms with Crippen LogP contribution in [0.4, 0.5) is 0 Å². The van der Waals surface area contributed by atoms with Crippen LogP contribution < -0.4 is 5.73 Å². The van der Waals surface area contributed by atoms with Crippen molar-refractivity contribution in [2.75, 3.05) is 0 Å². The van der Waals surface area contributed by atoms with E-state index in [4.69, 9.17) is 5.73 Å². The number of nitrogens with two attached hydrogens (primary N) is 1. The number of hydrogen-bond acceptors (Lipinski definition) is 2. The lowest BCUT2D eigenvalue weighted by molar-refractivity contribution is 0.0168. The smallest absolute Gasteiger partial charge is 0.108 e. The molecule has 0 fully saturated rings. The fourth-order valence-electron chi connectivity index (χ4n) is 1.94. The first-order chi connectivity index (χ1) is 6.64. The second kappa shape index (κ2) is 3.23. The van der Waals surface area contributed by atoms with Gasteiger partial charge in [0.25, 0.3) is 0 Å². The number of rotatable bonds is 1. The van der Waals surface area contributed by atoms with Gasteiger partial charge < -0.3 is 10.8 Å². The highest BCUT2D eigenvalue weighted by atomic mass is 16.3. The Morgan fingerprint density at radius 3 is 2.86 bits per heavy atom. The van der Waals surface area contributed by atoms with Crippen LogP contribution in [0, 0.1) is 0 Å². The Hall–Kier alpha value is -1.12. The van der Waals surface area contributed by atoms with Gasteiger partial charge >= 0.3 is 0 Å². The normalized spacial score (nSPS) is 27.1. The number of fused-ring (bicyclic) bond motifs is 1. The van der Waals surface area contributed by atoms with Crippen molar-refractivity contribution in [1.29, 1.82) is 0 Å². The van der Waals surface area contributed by atoms with Gasteiger partial charge in [0.2, 0.25) is 0 Å². The van der Waals surface area contributed by atoms with E-state index in [2.05, 4.69) is 0 Å². The Kier molecular flexibility index (Phi) is 2.17. The van der Waals surface area contributed by atoms with Gasteiger partial charge in [0, 0.05) is 12.5 Å². The summed E-state index contributed by atoms with van der Waals surface area (Å²) in [5, 5.41) is 10.4. The summed E-state index contributed by atoms with van der Waals surface area (Å²) in [7, 11) is 0. The highest BCUT2D eigenvalue weighted by molar-refractivity contribution is 5.58. The maximum Gasteiger partial charge on any atom is 0.108 e. The lowest BCUT2D eigenvalue weighted by Gasteiger charge is -2.35. The minimum atomic E-state index is -0.897. The van der Waals surface area contributed by atoms with Crippen LogP contribution in [0.1, 0.15) is 24.5 Å². The molecule has 74 valence electrons. The summed E-state index contributed by atoms with van der Waals surface area (Å²) in [5.41, 5.74) is 6.95. The van der Waals surface area contributed by atoms with Crippen LogP contribution in [0.3, 0.4) is 0 Å². The van der Waals surface area contributed by atoms with E-state index in [0.717, 1.165) is 11.1 Å². The molecule has 2 nitrogen and oxygen atoms in total. The van der Waals surface area contributed by atoms with E-state index < -0.39 is 5.60 Å². The number of hydrogen-bond donors (Lipinski definition) is 2. The molecule has 0 amide bonds. The van der Waals surface area contributed by atoms with E-state index in [1.165, 1.54) is 0 Å². The van der Waals surface area contributed by atoms with Gasteiger partial charge in [-0.15, -0.1) is 0 Å². The molecule has 14 heavy (non-hydrogen) atoms. The van der Waals surface area contributed by atoms with Gasteiger partial charge in [-0.1, -0.05) is 36.4 Å². The van der Waals surface area contributed by atoms with Crippen molar-refractivity contribution >= 4 is 6.08 Å². The molecule has 0 radical (unpaired) electrons. The van der Waals surface area contributed by atoms with Crippen molar-refractivity contribution in [3.63, 3.8) is 0 Å². The Morgan fingerprint density at radius 1 is 1.43 bits per heavy atom. The highest BCUT2D eigenvalue weighted by Gasteiger charge is 2.35. The van der Waals surface area contributed by atoms with E-state index in [9.17, 15) is 5.11 Å². The summed E-state index contributed by atoms with van der Waals surface area (Å²) in [5.74, 6) is 0. The van der Waals surface area contributed by atoms with Gasteiger partial charge in [0.05, 0.1) is 0 Å². The zero-order valence-corrected chi connectivity index (χ0v) is 8.27. The van der Waals surface area contributed by atoms with Crippen molar-refractivity contribution in [3.05, 3.63) is 41.5 Å². The second-order valence-corrected chi connectivity index (χ2v) is 3.91. The predicted molar refractivity (Wildman–Crippen MR) is 57.6 cm³/mol. The largest absolute Gasteiger partial charge is 0.383 e. The molecular formula is C12H15NO. The molecule has 0 aromatic heterocycles. The Bertz CT molecular complexity index is 370. The fourth-order valence-corrected chi connectivity index (χ4v) is 1.94. The molecular weight excluding hydrogens is 174 g/mol. The topological polar surface area (TPSA) is 46.2 Å². The number of benzene rings is 1. The third-order valence-electron chi connectivity index (χ3n) is 2.91. The first kappa shape index (κ1) is 9.44. The van der Waals surface area contributed by atoms with Gasteiger partial charge in [0.15, 0.2) is 0 Å². The molecule has 0 heterocycles. The standard InChI is InChI=1S/C12H15NO/c1-9(13)12(14)8-4-6-10-5-2-3-7-11(10)12/h2-7,9,14H,8,13H2,1H3/t9-,12-/m0/s1. The van der Waals surface area contributed by atoms with E-state index in [0.29, 0.717) is 6.42 Å². The summed E-state index contributed by atoms with van der Waals surface area (Å²) in [6.45, 7) is 1.84. The fraction of sp³-hybridized carbons (Fsp3) is 0.333. The third kappa shape index (κ3) is 1.27. The van der Waals surface area contributed by atoms with E-state index in [1.54, 1.807) is 0 Å². The van der Waals surface area contributed by atoms with Gasteiger partial charge in [-0.05, 0) is 18.1 Å². The van der Waals surface area contributed by atoms with E-state index >= 15 is 0 Å². The van der Waals surface area contributed by atoms with Gasteiger partial charge in [-0.2, -0.15) is 0 Å². The average Bonchev–Trinajstić information content (AvgIpc) is 2.18. The molecule has 1 aliphatic rings. The quantitative estimate of drug-likeness (QED) is 0.705. The Labute approximate surface area is 84.1 Å². The molecule has 1 aliphatic carbocycles. The van der Waals surface area contributed by atoms with Crippen LogP contribution in [0.25, 0.3) is 6.08 Å². The average molecular weight is 189 g/mol. The maximum absolute atomic E-state index is 10.4. The molecule has 2 rings (SSSR count).